The second kappa shape index (κ2) is 9.87. The van der Waals surface area contributed by atoms with E-state index in [1.807, 2.05) is 12.1 Å². The number of rotatable bonds is 4. The zero-order valence-electron chi connectivity index (χ0n) is 15.4. The molecule has 0 aliphatic carbocycles. The minimum Gasteiger partial charge on any atom is -0.497 e. The molecule has 7 heteroatoms. The first-order chi connectivity index (χ1) is 12.6. The van der Waals surface area contributed by atoms with Gasteiger partial charge in [-0.15, -0.1) is 24.0 Å². The van der Waals surface area contributed by atoms with Gasteiger partial charge in [-0.3, -0.25) is 4.99 Å². The summed E-state index contributed by atoms with van der Waals surface area (Å²) in [5, 5.41) is 3.14. The Hall–Kier alpha value is -1.90. The molecule has 146 valence electrons. The first-order valence-electron chi connectivity index (χ1n) is 8.64. The Morgan fingerprint density at radius 1 is 1.22 bits per heavy atom. The molecule has 1 aliphatic heterocycles. The topological polar surface area (TPSA) is 36.9 Å². The van der Waals surface area contributed by atoms with Crippen molar-refractivity contribution in [2.24, 2.45) is 4.99 Å². The van der Waals surface area contributed by atoms with Gasteiger partial charge < -0.3 is 15.0 Å². The van der Waals surface area contributed by atoms with E-state index in [1.54, 1.807) is 14.2 Å². The standard InChI is InChI=1S/C20H23F2N3O.HI/c1-23-20(24-12-16-11-17(21)5-8-19(16)22)25-10-9-15(13-25)14-3-6-18(26-2)7-4-14;/h3-8,11,15H,9-10,12-13H2,1-2H3,(H,23,24);1H. The Kier molecular flexibility index (Phi) is 7.82. The Morgan fingerprint density at radius 3 is 2.63 bits per heavy atom. The SMILES string of the molecule is CN=C(NCc1cc(F)ccc1F)N1CCC(c2ccc(OC)cc2)C1.I. The van der Waals surface area contributed by atoms with Crippen molar-refractivity contribution >= 4 is 29.9 Å². The molecule has 2 aromatic carbocycles. The summed E-state index contributed by atoms with van der Waals surface area (Å²) in [6.45, 7) is 1.89. The van der Waals surface area contributed by atoms with Crippen LogP contribution in [0.2, 0.25) is 0 Å². The summed E-state index contributed by atoms with van der Waals surface area (Å²) in [6.07, 6.45) is 1.02. The lowest BCUT2D eigenvalue weighted by Crippen LogP contribution is -2.39. The van der Waals surface area contributed by atoms with E-state index in [-0.39, 0.29) is 36.1 Å². The van der Waals surface area contributed by atoms with Gasteiger partial charge in [0.05, 0.1) is 7.11 Å². The van der Waals surface area contributed by atoms with Gasteiger partial charge in [0.1, 0.15) is 17.4 Å². The maximum atomic E-state index is 13.8. The smallest absolute Gasteiger partial charge is 0.193 e. The summed E-state index contributed by atoms with van der Waals surface area (Å²) < 4.78 is 32.3. The van der Waals surface area contributed by atoms with Crippen molar-refractivity contribution in [3.8, 4) is 5.75 Å². The lowest BCUT2D eigenvalue weighted by Gasteiger charge is -2.22. The fourth-order valence-electron chi connectivity index (χ4n) is 3.29. The van der Waals surface area contributed by atoms with E-state index in [4.69, 9.17) is 4.74 Å². The molecule has 0 aromatic heterocycles. The molecule has 1 unspecified atom stereocenters. The first kappa shape index (κ1) is 21.4. The van der Waals surface area contributed by atoms with Crippen LogP contribution >= 0.6 is 24.0 Å². The molecule has 0 bridgehead atoms. The molecule has 4 nitrogen and oxygen atoms in total. The van der Waals surface area contributed by atoms with Gasteiger partial charge in [0.15, 0.2) is 5.96 Å². The average Bonchev–Trinajstić information content (AvgIpc) is 3.15. The third kappa shape index (κ3) is 5.31. The molecule has 1 saturated heterocycles. The van der Waals surface area contributed by atoms with Gasteiger partial charge in [-0.25, -0.2) is 8.78 Å². The van der Waals surface area contributed by atoms with Crippen molar-refractivity contribution in [1.29, 1.82) is 0 Å². The van der Waals surface area contributed by atoms with Crippen molar-refractivity contribution in [2.45, 2.75) is 18.9 Å². The van der Waals surface area contributed by atoms with Crippen LogP contribution in [0, 0.1) is 11.6 Å². The molecule has 2 aromatic rings. The fraction of sp³-hybridized carbons (Fsp3) is 0.350. The number of halogens is 3. The number of hydrogen-bond acceptors (Lipinski definition) is 2. The van der Waals surface area contributed by atoms with Crippen molar-refractivity contribution < 1.29 is 13.5 Å². The van der Waals surface area contributed by atoms with Crippen molar-refractivity contribution in [1.82, 2.24) is 10.2 Å². The number of benzene rings is 2. The molecule has 0 spiro atoms. The number of methoxy groups -OCH3 is 1. The van der Waals surface area contributed by atoms with Crippen molar-refractivity contribution in [2.75, 3.05) is 27.2 Å². The average molecular weight is 487 g/mol. The first-order valence-corrected chi connectivity index (χ1v) is 8.64. The van der Waals surface area contributed by atoms with Gasteiger partial charge in [-0.2, -0.15) is 0 Å². The Labute approximate surface area is 175 Å². The normalized spacial score (nSPS) is 16.8. The van der Waals surface area contributed by atoms with Gasteiger partial charge in [-0.05, 0) is 42.3 Å². The van der Waals surface area contributed by atoms with Crippen LogP contribution in [0.1, 0.15) is 23.5 Å². The van der Waals surface area contributed by atoms with Crippen LogP contribution in [0.3, 0.4) is 0 Å². The molecule has 0 radical (unpaired) electrons. The van der Waals surface area contributed by atoms with Crippen molar-refractivity contribution in [3.05, 3.63) is 65.2 Å². The monoisotopic (exact) mass is 487 g/mol. The summed E-state index contributed by atoms with van der Waals surface area (Å²) in [7, 11) is 3.36. The molecule has 1 fully saturated rings. The van der Waals surface area contributed by atoms with E-state index in [1.165, 1.54) is 11.6 Å². The highest BCUT2D eigenvalue weighted by atomic mass is 127. The van der Waals surface area contributed by atoms with E-state index in [2.05, 4.69) is 27.3 Å². The van der Waals surface area contributed by atoms with Crippen LogP contribution in [0.25, 0.3) is 0 Å². The third-order valence-electron chi connectivity index (χ3n) is 4.73. The predicted molar refractivity (Wildman–Crippen MR) is 114 cm³/mol. The quantitative estimate of drug-likeness (QED) is 0.400. The zero-order valence-corrected chi connectivity index (χ0v) is 17.7. The van der Waals surface area contributed by atoms with Crippen LogP contribution in [0.15, 0.2) is 47.5 Å². The number of hydrogen-bond donors (Lipinski definition) is 1. The molecule has 1 aliphatic rings. The molecule has 0 saturated carbocycles. The largest absolute Gasteiger partial charge is 0.497 e. The van der Waals surface area contributed by atoms with Gasteiger partial charge in [0, 0.05) is 38.2 Å². The van der Waals surface area contributed by atoms with Gasteiger partial charge >= 0.3 is 0 Å². The van der Waals surface area contributed by atoms with E-state index in [0.29, 0.717) is 11.9 Å². The highest BCUT2D eigenvalue weighted by molar-refractivity contribution is 14.0. The van der Waals surface area contributed by atoms with Crippen molar-refractivity contribution in [3.63, 3.8) is 0 Å². The second-order valence-corrected chi connectivity index (χ2v) is 6.34. The van der Waals surface area contributed by atoms with Crippen LogP contribution in [-0.2, 0) is 6.54 Å². The highest BCUT2D eigenvalue weighted by Crippen LogP contribution is 2.28. The fourth-order valence-corrected chi connectivity index (χ4v) is 3.29. The number of likely N-dealkylation sites (tertiary alicyclic amines) is 1. The van der Waals surface area contributed by atoms with E-state index in [9.17, 15) is 8.78 Å². The Morgan fingerprint density at radius 2 is 1.96 bits per heavy atom. The summed E-state index contributed by atoms with van der Waals surface area (Å²) in [5.74, 6) is 1.08. The Balaban J connectivity index is 0.00000261. The summed E-state index contributed by atoms with van der Waals surface area (Å²) in [6, 6.07) is 11.6. The maximum Gasteiger partial charge on any atom is 0.193 e. The second-order valence-electron chi connectivity index (χ2n) is 6.34. The Bertz CT molecular complexity index is 783. The van der Waals surface area contributed by atoms with E-state index in [0.717, 1.165) is 37.4 Å². The van der Waals surface area contributed by atoms with Crippen LogP contribution < -0.4 is 10.1 Å². The number of nitrogens with zero attached hydrogens (tertiary/aromatic N) is 2. The number of aliphatic imine (C=N–C) groups is 1. The number of nitrogens with one attached hydrogen (secondary N) is 1. The van der Waals surface area contributed by atoms with Gasteiger partial charge in [-0.1, -0.05) is 12.1 Å². The van der Waals surface area contributed by atoms with Gasteiger partial charge in [0.2, 0.25) is 0 Å². The summed E-state index contributed by atoms with van der Waals surface area (Å²) in [5.41, 5.74) is 1.55. The lowest BCUT2D eigenvalue weighted by molar-refractivity contribution is 0.414. The minimum atomic E-state index is -0.445. The van der Waals surface area contributed by atoms with Crippen LogP contribution in [0.4, 0.5) is 8.78 Å². The van der Waals surface area contributed by atoms with Crippen LogP contribution in [0.5, 0.6) is 5.75 Å². The summed E-state index contributed by atoms with van der Waals surface area (Å²) in [4.78, 5) is 6.43. The summed E-state index contributed by atoms with van der Waals surface area (Å²) >= 11 is 0. The molecule has 1 N–H and O–H groups in total. The van der Waals surface area contributed by atoms with Gasteiger partial charge in [0.25, 0.3) is 0 Å². The zero-order chi connectivity index (χ0) is 18.5. The molecular weight excluding hydrogens is 463 g/mol. The molecule has 27 heavy (non-hydrogen) atoms. The van der Waals surface area contributed by atoms with Crippen LogP contribution in [-0.4, -0.2) is 38.1 Å². The third-order valence-corrected chi connectivity index (χ3v) is 4.73. The predicted octanol–water partition coefficient (Wildman–Crippen LogP) is 4.16. The van der Waals surface area contributed by atoms with E-state index >= 15 is 0 Å². The molecule has 3 rings (SSSR count). The number of ether oxygens (including phenoxy) is 1. The lowest BCUT2D eigenvalue weighted by atomic mass is 9.98. The maximum absolute atomic E-state index is 13.8. The molecule has 0 amide bonds. The molecule has 1 atom stereocenters. The van der Waals surface area contributed by atoms with E-state index < -0.39 is 11.6 Å². The molecule has 1 heterocycles. The highest BCUT2D eigenvalue weighted by Gasteiger charge is 2.26. The number of guanidine groups is 1. The molecular formula is C20H24F2IN3O. The minimum absolute atomic E-state index is 0.